The number of aliphatic carboxylic acids is 1. The Labute approximate surface area is 218 Å². The molecule has 2 aromatic carbocycles. The average Bonchev–Trinajstić information content (AvgIpc) is 3.24. The zero-order valence-electron chi connectivity index (χ0n) is 20.7. The van der Waals surface area contributed by atoms with Crippen molar-refractivity contribution < 1.29 is 36.6 Å². The standard InChI is InChI=1S/C23H23F2N5O2.C2HF3O2/c1-14-17(18-10-15-6-3-4-8-20(15)28(2)22(18)31)7-5-9-19(14)29-13-27-30(23(29)32)12-16(11-26)21(24)25;3-2(4,5)1(6)7/h3-9,13,18H,10-12,26H2,1-2H3;(H,6,7). The number of halogens is 5. The summed E-state index contributed by atoms with van der Waals surface area (Å²) in [6.07, 6.45) is -5.14. The molecule has 1 aliphatic heterocycles. The van der Waals surface area contributed by atoms with Crippen LogP contribution < -0.4 is 16.3 Å². The summed E-state index contributed by atoms with van der Waals surface area (Å²) in [6.45, 7) is 1.09. The number of anilines is 1. The van der Waals surface area contributed by atoms with Crippen LogP contribution in [0.25, 0.3) is 5.69 Å². The van der Waals surface area contributed by atoms with Crippen LogP contribution >= 0.6 is 0 Å². The maximum atomic E-state index is 13.1. The second-order valence-electron chi connectivity index (χ2n) is 8.59. The van der Waals surface area contributed by atoms with Gasteiger partial charge in [-0.2, -0.15) is 27.1 Å². The van der Waals surface area contributed by atoms with Gasteiger partial charge in [-0.05, 0) is 42.2 Å². The molecule has 0 aliphatic carbocycles. The Morgan fingerprint density at radius 3 is 2.31 bits per heavy atom. The van der Waals surface area contributed by atoms with Crippen LogP contribution in [-0.2, 0) is 22.6 Å². The summed E-state index contributed by atoms with van der Waals surface area (Å²) < 4.78 is 59.9. The van der Waals surface area contributed by atoms with E-state index in [9.17, 15) is 31.5 Å². The highest BCUT2D eigenvalue weighted by atomic mass is 19.4. The molecule has 208 valence electrons. The van der Waals surface area contributed by atoms with Crippen LogP contribution in [0.4, 0.5) is 27.6 Å². The van der Waals surface area contributed by atoms with Crippen LogP contribution in [0.1, 0.15) is 22.6 Å². The molecule has 14 heteroatoms. The number of hydrogen-bond donors (Lipinski definition) is 2. The number of nitrogens with two attached hydrogens (primary N) is 1. The molecular weight excluding hydrogens is 529 g/mol. The summed E-state index contributed by atoms with van der Waals surface area (Å²) in [6, 6.07) is 13.2. The highest BCUT2D eigenvalue weighted by Gasteiger charge is 2.38. The molecule has 1 aliphatic rings. The Balaban J connectivity index is 0.000000532. The highest BCUT2D eigenvalue weighted by Crippen LogP contribution is 2.36. The minimum atomic E-state index is -5.08. The number of carbonyl (C=O) groups excluding carboxylic acids is 1. The van der Waals surface area contributed by atoms with Gasteiger partial charge in [-0.1, -0.05) is 30.3 Å². The minimum absolute atomic E-state index is 0.0249. The molecule has 3 N–H and O–H groups in total. The fraction of sp³-hybridized carbons (Fsp3) is 0.280. The third kappa shape index (κ3) is 6.22. The van der Waals surface area contributed by atoms with Gasteiger partial charge in [-0.3, -0.25) is 4.79 Å². The third-order valence-electron chi connectivity index (χ3n) is 6.22. The van der Waals surface area contributed by atoms with Crippen LogP contribution in [0, 0.1) is 6.92 Å². The van der Waals surface area contributed by atoms with E-state index >= 15 is 0 Å². The van der Waals surface area contributed by atoms with E-state index in [1.54, 1.807) is 24.1 Å². The van der Waals surface area contributed by atoms with E-state index in [2.05, 4.69) is 5.10 Å². The molecule has 1 unspecified atom stereocenters. The third-order valence-corrected chi connectivity index (χ3v) is 6.22. The summed E-state index contributed by atoms with van der Waals surface area (Å²) in [5.41, 5.74) is 8.52. The van der Waals surface area contributed by atoms with Gasteiger partial charge in [0.15, 0.2) is 0 Å². The van der Waals surface area contributed by atoms with Crippen molar-refractivity contribution in [1.29, 1.82) is 0 Å². The molecule has 39 heavy (non-hydrogen) atoms. The number of para-hydroxylation sites is 1. The molecule has 0 saturated heterocycles. The van der Waals surface area contributed by atoms with Crippen molar-refractivity contribution in [3.05, 3.63) is 87.6 Å². The highest BCUT2D eigenvalue weighted by molar-refractivity contribution is 6.01. The lowest BCUT2D eigenvalue weighted by molar-refractivity contribution is -0.192. The van der Waals surface area contributed by atoms with Crippen molar-refractivity contribution in [2.75, 3.05) is 18.5 Å². The van der Waals surface area contributed by atoms with E-state index in [0.29, 0.717) is 12.1 Å². The van der Waals surface area contributed by atoms with Gasteiger partial charge >= 0.3 is 17.8 Å². The van der Waals surface area contributed by atoms with Crippen molar-refractivity contribution in [2.24, 2.45) is 5.73 Å². The Morgan fingerprint density at radius 1 is 1.10 bits per heavy atom. The second kappa shape index (κ2) is 11.6. The number of carboxylic acids is 1. The van der Waals surface area contributed by atoms with Gasteiger partial charge in [-0.15, -0.1) is 0 Å². The van der Waals surface area contributed by atoms with E-state index in [4.69, 9.17) is 15.6 Å². The first-order valence-electron chi connectivity index (χ1n) is 11.4. The lowest BCUT2D eigenvalue weighted by Gasteiger charge is -2.32. The number of benzene rings is 2. The van der Waals surface area contributed by atoms with Gasteiger partial charge in [0.25, 0.3) is 6.08 Å². The summed E-state index contributed by atoms with van der Waals surface area (Å²) in [5.74, 6) is -3.18. The Kier molecular flexibility index (Phi) is 8.69. The van der Waals surface area contributed by atoms with Gasteiger partial charge in [0.05, 0.1) is 18.2 Å². The second-order valence-corrected chi connectivity index (χ2v) is 8.59. The number of fused-ring (bicyclic) bond motifs is 1. The lowest BCUT2D eigenvalue weighted by atomic mass is 9.84. The summed E-state index contributed by atoms with van der Waals surface area (Å²) in [7, 11) is 1.76. The Bertz CT molecular complexity index is 1470. The van der Waals surface area contributed by atoms with E-state index in [1.165, 1.54) is 10.9 Å². The van der Waals surface area contributed by atoms with Gasteiger partial charge in [0.2, 0.25) is 5.91 Å². The van der Waals surface area contributed by atoms with Crippen LogP contribution in [0.2, 0.25) is 0 Å². The van der Waals surface area contributed by atoms with E-state index in [1.807, 2.05) is 37.3 Å². The first kappa shape index (κ1) is 29.2. The molecule has 0 fully saturated rings. The zero-order valence-corrected chi connectivity index (χ0v) is 20.7. The predicted molar refractivity (Wildman–Crippen MR) is 131 cm³/mol. The van der Waals surface area contributed by atoms with Gasteiger partial charge in [0, 0.05) is 24.9 Å². The molecule has 9 nitrogen and oxygen atoms in total. The van der Waals surface area contributed by atoms with Crippen molar-refractivity contribution in [2.45, 2.75) is 32.0 Å². The maximum absolute atomic E-state index is 13.1. The molecule has 0 spiro atoms. The molecular formula is C25H24F5N5O4. The van der Waals surface area contributed by atoms with Gasteiger partial charge in [-0.25, -0.2) is 18.8 Å². The van der Waals surface area contributed by atoms with Crippen molar-refractivity contribution in [1.82, 2.24) is 14.3 Å². The largest absolute Gasteiger partial charge is 0.490 e. The molecule has 4 rings (SSSR count). The summed E-state index contributed by atoms with van der Waals surface area (Å²) in [5, 5.41) is 11.1. The first-order valence-corrected chi connectivity index (χ1v) is 11.4. The molecule has 3 aromatic rings. The number of aromatic nitrogens is 3. The number of carboxylic acid groups (broad SMARTS) is 1. The van der Waals surface area contributed by atoms with Crippen LogP contribution in [0.5, 0.6) is 0 Å². The lowest BCUT2D eigenvalue weighted by Crippen LogP contribution is -2.37. The minimum Gasteiger partial charge on any atom is -0.475 e. The normalized spacial score (nSPS) is 14.8. The SMILES string of the molecule is Cc1c(C2Cc3ccccc3N(C)C2=O)cccc1-n1cnn(CC(CN)=C(F)F)c1=O.O=C(O)C(F)(F)F. The quantitative estimate of drug-likeness (QED) is 0.467. The average molecular weight is 553 g/mol. The fourth-order valence-corrected chi connectivity index (χ4v) is 4.19. The van der Waals surface area contributed by atoms with Gasteiger partial charge < -0.3 is 15.7 Å². The smallest absolute Gasteiger partial charge is 0.475 e. The first-order chi connectivity index (χ1) is 18.3. The number of likely N-dealkylation sites (N-methyl/N-ethyl adjacent to an activating group) is 1. The van der Waals surface area contributed by atoms with Crippen LogP contribution in [0.3, 0.4) is 0 Å². The van der Waals surface area contributed by atoms with Crippen molar-refractivity contribution in [3.63, 3.8) is 0 Å². The number of hydrogen-bond acceptors (Lipinski definition) is 5. The van der Waals surface area contributed by atoms with Crippen LogP contribution in [-0.4, -0.2) is 51.1 Å². The monoisotopic (exact) mass is 553 g/mol. The molecule has 0 bridgehead atoms. The zero-order chi connectivity index (χ0) is 29.1. The van der Waals surface area contributed by atoms with E-state index in [-0.39, 0.29) is 24.6 Å². The Morgan fingerprint density at radius 2 is 1.72 bits per heavy atom. The number of nitrogens with zero attached hydrogens (tertiary/aromatic N) is 4. The number of alkyl halides is 3. The number of amides is 1. The van der Waals surface area contributed by atoms with Gasteiger partial charge in [0.1, 0.15) is 6.33 Å². The number of carbonyl (C=O) groups is 2. The predicted octanol–water partition coefficient (Wildman–Crippen LogP) is 3.39. The topological polar surface area (TPSA) is 123 Å². The Hall–Kier alpha value is -4.33. The molecule has 0 radical (unpaired) electrons. The van der Waals surface area contributed by atoms with E-state index in [0.717, 1.165) is 27.1 Å². The molecule has 2 heterocycles. The van der Waals surface area contributed by atoms with Crippen molar-refractivity contribution in [3.8, 4) is 5.69 Å². The summed E-state index contributed by atoms with van der Waals surface area (Å²) in [4.78, 5) is 36.5. The van der Waals surface area contributed by atoms with E-state index < -0.39 is 29.8 Å². The van der Waals surface area contributed by atoms with Crippen molar-refractivity contribution >= 4 is 17.6 Å². The maximum Gasteiger partial charge on any atom is 0.490 e. The molecule has 0 saturated carbocycles. The fourth-order valence-electron chi connectivity index (χ4n) is 4.19. The summed E-state index contributed by atoms with van der Waals surface area (Å²) >= 11 is 0. The molecule has 1 aromatic heterocycles. The number of rotatable bonds is 5. The molecule has 1 amide bonds. The van der Waals surface area contributed by atoms with Crippen LogP contribution in [0.15, 0.2) is 65.2 Å². The molecule has 1 atom stereocenters.